The average molecular weight is 643 g/mol. The van der Waals surface area contributed by atoms with Gasteiger partial charge in [-0.3, -0.25) is 4.79 Å². The zero-order valence-electron chi connectivity index (χ0n) is 26.6. The van der Waals surface area contributed by atoms with Gasteiger partial charge in [0.15, 0.2) is 16.6 Å². The molecule has 2 aromatic carbocycles. The van der Waals surface area contributed by atoms with E-state index in [1.807, 2.05) is 36.4 Å². The number of anilines is 3. The molecule has 0 radical (unpaired) electrons. The minimum absolute atomic E-state index is 0.106. The molecule has 1 unspecified atom stereocenters. The summed E-state index contributed by atoms with van der Waals surface area (Å²) in [5.74, 6) is 2.62. The van der Waals surface area contributed by atoms with E-state index in [1.54, 1.807) is 13.4 Å². The average Bonchev–Trinajstić information content (AvgIpc) is 3.76. The first-order chi connectivity index (χ1) is 22.5. The van der Waals surface area contributed by atoms with Crippen molar-refractivity contribution in [1.29, 1.82) is 0 Å². The van der Waals surface area contributed by atoms with Crippen LogP contribution in [-0.2, 0) is 4.79 Å². The van der Waals surface area contributed by atoms with Crippen molar-refractivity contribution in [2.45, 2.75) is 45.1 Å². The van der Waals surface area contributed by atoms with E-state index in [1.165, 1.54) is 19.4 Å². The van der Waals surface area contributed by atoms with Gasteiger partial charge >= 0.3 is 0 Å². The molecular weight excluding hydrogens is 600 g/mol. The molecule has 3 fully saturated rings. The van der Waals surface area contributed by atoms with Crippen LogP contribution in [0.4, 0.5) is 17.2 Å². The molecule has 2 saturated heterocycles. The van der Waals surface area contributed by atoms with Crippen molar-refractivity contribution < 1.29 is 14.3 Å². The number of methoxy groups -OCH3 is 1. The second-order valence-electron chi connectivity index (χ2n) is 12.6. The lowest BCUT2D eigenvalue weighted by Crippen LogP contribution is -2.50. The van der Waals surface area contributed by atoms with Gasteiger partial charge in [0.2, 0.25) is 5.91 Å². The molecule has 3 aliphatic rings. The third-order valence-electron chi connectivity index (χ3n) is 9.41. The molecule has 2 aromatic heterocycles. The predicted molar refractivity (Wildman–Crippen MR) is 186 cm³/mol. The summed E-state index contributed by atoms with van der Waals surface area (Å²) in [6.07, 6.45) is 7.15. The molecular formula is C34H42N8O3S. The summed E-state index contributed by atoms with van der Waals surface area (Å²) in [7, 11) is 1.68. The molecule has 4 aromatic rings. The highest BCUT2D eigenvalue weighted by Gasteiger charge is 2.29. The Kier molecular flexibility index (Phi) is 8.81. The number of piperazine rings is 1. The van der Waals surface area contributed by atoms with E-state index in [-0.39, 0.29) is 11.8 Å². The molecule has 1 aliphatic carbocycles. The van der Waals surface area contributed by atoms with Crippen molar-refractivity contribution in [2.75, 3.05) is 68.5 Å². The summed E-state index contributed by atoms with van der Waals surface area (Å²) in [6.45, 7) is 8.23. The van der Waals surface area contributed by atoms with E-state index < -0.39 is 0 Å². The SMILES string of the molecule is COc1cc2c(cc1OCCCN1CCCC1C)[nH]c1ncnc(N3CCN(C(=S)Nc4ccc(NC(=O)C5CC5)cc4)CC3)c12. The van der Waals surface area contributed by atoms with Crippen molar-refractivity contribution in [3.8, 4) is 11.5 Å². The molecule has 1 saturated carbocycles. The van der Waals surface area contributed by atoms with Crippen LogP contribution >= 0.6 is 12.2 Å². The van der Waals surface area contributed by atoms with Gasteiger partial charge in [0, 0.05) is 67.5 Å². The van der Waals surface area contributed by atoms with Crippen LogP contribution in [0.15, 0.2) is 42.7 Å². The molecule has 12 heteroatoms. The van der Waals surface area contributed by atoms with Crippen LogP contribution in [0.3, 0.4) is 0 Å². The zero-order valence-corrected chi connectivity index (χ0v) is 27.4. The topological polar surface area (TPSA) is 111 Å². The first kappa shape index (κ1) is 30.5. The Morgan fingerprint density at radius 1 is 1.00 bits per heavy atom. The zero-order chi connectivity index (χ0) is 31.6. The highest BCUT2D eigenvalue weighted by atomic mass is 32.1. The largest absolute Gasteiger partial charge is 0.493 e. The molecule has 7 rings (SSSR count). The van der Waals surface area contributed by atoms with Gasteiger partial charge in [-0.1, -0.05) is 0 Å². The van der Waals surface area contributed by atoms with Crippen molar-refractivity contribution in [1.82, 2.24) is 24.8 Å². The monoisotopic (exact) mass is 642 g/mol. The first-order valence-electron chi connectivity index (χ1n) is 16.4. The lowest BCUT2D eigenvalue weighted by atomic mass is 10.1. The van der Waals surface area contributed by atoms with Crippen LogP contribution in [-0.4, -0.2) is 94.8 Å². The smallest absolute Gasteiger partial charge is 0.227 e. The lowest BCUT2D eigenvalue weighted by Gasteiger charge is -2.37. The number of carbonyl (C=O) groups excluding carboxylic acids is 1. The number of thiocarbonyl (C=S) groups is 1. The van der Waals surface area contributed by atoms with Gasteiger partial charge in [-0.05, 0) is 88.1 Å². The van der Waals surface area contributed by atoms with Crippen LogP contribution in [0, 0.1) is 5.92 Å². The number of nitrogens with zero attached hydrogens (tertiary/aromatic N) is 5. The fraction of sp³-hybridized carbons (Fsp3) is 0.471. The van der Waals surface area contributed by atoms with Crippen molar-refractivity contribution in [2.24, 2.45) is 5.92 Å². The van der Waals surface area contributed by atoms with Crippen LogP contribution in [0.2, 0.25) is 0 Å². The summed E-state index contributed by atoms with van der Waals surface area (Å²) in [5.41, 5.74) is 3.44. The third kappa shape index (κ3) is 6.54. The number of hydrogen-bond acceptors (Lipinski definition) is 8. The number of likely N-dealkylation sites (tertiary alicyclic amines) is 1. The molecule has 1 amide bonds. The standard InChI is InChI=1S/C34H42N8O3S/c1-22-5-3-12-40(22)13-4-18-45-29-20-27-26(19-28(29)44-2)30-31(39-27)35-21-36-32(30)41-14-16-42(17-15-41)34(46)38-25-10-8-24(9-11-25)37-33(43)23-6-7-23/h8-11,19-23H,3-7,12-18H2,1-2H3,(H,37,43)(H,38,46)(H,35,36,39). The van der Waals surface area contributed by atoms with Gasteiger partial charge in [0.25, 0.3) is 0 Å². The second kappa shape index (κ2) is 13.3. The number of aromatic amines is 1. The van der Waals surface area contributed by atoms with Crippen LogP contribution < -0.4 is 25.0 Å². The minimum Gasteiger partial charge on any atom is -0.493 e. The number of hydrogen-bond donors (Lipinski definition) is 3. The lowest BCUT2D eigenvalue weighted by molar-refractivity contribution is -0.117. The van der Waals surface area contributed by atoms with E-state index >= 15 is 0 Å². The Morgan fingerprint density at radius 2 is 1.76 bits per heavy atom. The van der Waals surface area contributed by atoms with E-state index in [2.05, 4.69) is 42.2 Å². The maximum atomic E-state index is 12.0. The van der Waals surface area contributed by atoms with Gasteiger partial charge in [-0.15, -0.1) is 0 Å². The van der Waals surface area contributed by atoms with Gasteiger partial charge in [-0.25, -0.2) is 9.97 Å². The number of H-pyrrole nitrogens is 1. The molecule has 2 aliphatic heterocycles. The Hall–Kier alpha value is -4.16. The first-order valence-corrected chi connectivity index (χ1v) is 16.8. The second-order valence-corrected chi connectivity index (χ2v) is 13.0. The molecule has 46 heavy (non-hydrogen) atoms. The Balaban J connectivity index is 0.989. The number of rotatable bonds is 10. The van der Waals surface area contributed by atoms with Crippen LogP contribution in [0.1, 0.15) is 39.0 Å². The van der Waals surface area contributed by atoms with E-state index in [0.717, 1.165) is 96.9 Å². The highest BCUT2D eigenvalue weighted by Crippen LogP contribution is 2.38. The fourth-order valence-electron chi connectivity index (χ4n) is 6.55. The number of carbonyl (C=O) groups is 1. The third-order valence-corrected chi connectivity index (χ3v) is 9.77. The molecule has 0 bridgehead atoms. The van der Waals surface area contributed by atoms with Crippen molar-refractivity contribution >= 4 is 62.4 Å². The summed E-state index contributed by atoms with van der Waals surface area (Å²) in [5, 5.41) is 9.00. The molecule has 3 N–H and O–H groups in total. The van der Waals surface area contributed by atoms with Crippen molar-refractivity contribution in [3.63, 3.8) is 0 Å². The Bertz CT molecular complexity index is 1720. The fourth-order valence-corrected chi connectivity index (χ4v) is 6.85. The van der Waals surface area contributed by atoms with Crippen molar-refractivity contribution in [3.05, 3.63) is 42.7 Å². The van der Waals surface area contributed by atoms with Gasteiger partial charge in [0.1, 0.15) is 17.8 Å². The van der Waals surface area contributed by atoms with E-state index in [4.69, 9.17) is 26.7 Å². The number of fused-ring (bicyclic) bond motifs is 3. The molecule has 0 spiro atoms. The molecule has 4 heterocycles. The quantitative estimate of drug-likeness (QED) is 0.157. The minimum atomic E-state index is 0.106. The highest BCUT2D eigenvalue weighted by molar-refractivity contribution is 7.80. The normalized spacial score (nSPS) is 18.7. The van der Waals surface area contributed by atoms with E-state index in [0.29, 0.717) is 23.5 Å². The molecule has 242 valence electrons. The maximum Gasteiger partial charge on any atom is 0.227 e. The maximum absolute atomic E-state index is 12.0. The summed E-state index contributed by atoms with van der Waals surface area (Å²) in [6, 6.07) is 12.4. The van der Waals surface area contributed by atoms with Gasteiger partial charge < -0.3 is 39.8 Å². The Labute approximate surface area is 274 Å². The summed E-state index contributed by atoms with van der Waals surface area (Å²) >= 11 is 5.76. The Morgan fingerprint density at radius 3 is 2.46 bits per heavy atom. The van der Waals surface area contributed by atoms with Crippen LogP contribution in [0.5, 0.6) is 11.5 Å². The number of nitrogens with one attached hydrogen (secondary N) is 3. The summed E-state index contributed by atoms with van der Waals surface area (Å²) in [4.78, 5) is 31.8. The van der Waals surface area contributed by atoms with Crippen LogP contribution in [0.25, 0.3) is 21.9 Å². The van der Waals surface area contributed by atoms with E-state index in [9.17, 15) is 4.79 Å². The molecule has 1 atom stereocenters. The number of aromatic nitrogens is 3. The number of benzene rings is 2. The van der Waals surface area contributed by atoms with Gasteiger partial charge in [0.05, 0.1) is 24.6 Å². The predicted octanol–water partition coefficient (Wildman–Crippen LogP) is 5.24. The van der Waals surface area contributed by atoms with Gasteiger partial charge in [-0.2, -0.15) is 0 Å². The summed E-state index contributed by atoms with van der Waals surface area (Å²) < 4.78 is 12.0. The number of amides is 1. The molecule has 11 nitrogen and oxygen atoms in total. The number of ether oxygens (including phenoxy) is 2.